The lowest BCUT2D eigenvalue weighted by Crippen LogP contribution is -2.41. The van der Waals surface area contributed by atoms with Crippen molar-refractivity contribution >= 4 is 48.0 Å². The minimum absolute atomic E-state index is 0.0847. The van der Waals surface area contributed by atoms with E-state index in [0.717, 1.165) is 52.8 Å². The Labute approximate surface area is 352 Å². The number of benzene rings is 5. The molecule has 2 heterocycles. The third kappa shape index (κ3) is 6.15. The maximum atomic E-state index is 17.1. The smallest absolute Gasteiger partial charge is 0.399 e. The van der Waals surface area contributed by atoms with Crippen molar-refractivity contribution in [3.63, 3.8) is 0 Å². The van der Waals surface area contributed by atoms with E-state index >= 15 is 4.57 Å². The summed E-state index contributed by atoms with van der Waals surface area (Å²) in [5.74, 6) is 0.365. The van der Waals surface area contributed by atoms with Gasteiger partial charge in [0.2, 0.25) is 0 Å². The number of allylic oxidation sites excluding steroid dienone is 4. The van der Waals surface area contributed by atoms with Crippen molar-refractivity contribution < 1.29 is 13.9 Å². The number of hydrogen-bond donors (Lipinski definition) is 0. The van der Waals surface area contributed by atoms with E-state index in [-0.39, 0.29) is 10.8 Å². The quantitative estimate of drug-likeness (QED) is 0.121. The first kappa shape index (κ1) is 39.8. The van der Waals surface area contributed by atoms with Crippen molar-refractivity contribution in [3.8, 4) is 11.1 Å². The Hall–Kier alpha value is -4.61. The van der Waals surface area contributed by atoms with Gasteiger partial charge in [-0.25, -0.2) is 0 Å². The number of anilines is 3. The van der Waals surface area contributed by atoms with Crippen molar-refractivity contribution in [2.75, 3.05) is 9.34 Å². The van der Waals surface area contributed by atoms with Crippen LogP contribution in [0.5, 0.6) is 0 Å². The fourth-order valence-corrected chi connectivity index (χ4v) is 13.3. The molecule has 5 aromatic carbocycles. The topological polar surface area (TPSA) is 42.0 Å². The van der Waals surface area contributed by atoms with Crippen LogP contribution in [0, 0.1) is 5.92 Å². The predicted molar refractivity (Wildman–Crippen MR) is 249 cm³/mol. The zero-order chi connectivity index (χ0) is 41.7. The minimum atomic E-state index is -3.66. The number of fused-ring (bicyclic) bond motifs is 5. The van der Waals surface area contributed by atoms with E-state index in [1.165, 1.54) is 39.0 Å². The Morgan fingerprint density at radius 2 is 1.36 bits per heavy atom. The van der Waals surface area contributed by atoms with Crippen molar-refractivity contribution in [1.29, 1.82) is 0 Å². The van der Waals surface area contributed by atoms with Gasteiger partial charge in [-0.05, 0) is 139 Å². The van der Waals surface area contributed by atoms with E-state index in [1.54, 1.807) is 0 Å². The van der Waals surface area contributed by atoms with Crippen LogP contribution in [-0.4, -0.2) is 18.3 Å². The second kappa shape index (κ2) is 14.0. The molecule has 5 nitrogen and oxygen atoms in total. The lowest BCUT2D eigenvalue weighted by Gasteiger charge is -2.38. The molecule has 0 saturated carbocycles. The number of hydrogen-bond acceptors (Lipinski definition) is 3. The fourth-order valence-electron chi connectivity index (χ4n) is 10.2. The maximum absolute atomic E-state index is 17.1. The van der Waals surface area contributed by atoms with E-state index in [1.807, 2.05) is 30.3 Å². The Balaban J connectivity index is 1.28. The van der Waals surface area contributed by atoms with Gasteiger partial charge in [0.25, 0.3) is 0 Å². The summed E-state index contributed by atoms with van der Waals surface area (Å²) in [6.07, 6.45) is 7.32. The molecule has 302 valence electrons. The highest BCUT2D eigenvalue weighted by Crippen LogP contribution is 2.69. The second-order valence-corrected chi connectivity index (χ2v) is 21.7. The van der Waals surface area contributed by atoms with Gasteiger partial charge in [0, 0.05) is 16.8 Å². The molecule has 0 N–H and O–H groups in total. The molecule has 0 bridgehead atoms. The van der Waals surface area contributed by atoms with Crippen LogP contribution in [0.2, 0.25) is 0 Å². The summed E-state index contributed by atoms with van der Waals surface area (Å²) in [7, 11) is -4.23. The summed E-state index contributed by atoms with van der Waals surface area (Å²) in [4.78, 5) is 0. The fraction of sp³-hybridized carbons (Fsp3) is 0.346. The van der Waals surface area contributed by atoms with Gasteiger partial charge in [-0.15, -0.1) is 0 Å². The molecule has 2 aliphatic heterocycles. The molecule has 2 aliphatic carbocycles. The third-order valence-corrected chi connectivity index (χ3v) is 16.9. The average molecular weight is 801 g/mol. The van der Waals surface area contributed by atoms with Crippen LogP contribution in [0.4, 0.5) is 17.1 Å². The minimum Gasteiger partial charge on any atom is -0.399 e. The highest BCUT2D eigenvalue weighted by molar-refractivity contribution is 7.75. The molecule has 1 fully saturated rings. The standard InChI is InChI=1S/C52H58BN2O3P/c1-11-19-37(27-29-40-35(2)34-49(3,4)44-24-17-15-22-41(40)44)54-47-31-26-36(53-57-51(7,8)52(9,10)58-53)32-48(47)55(59(54,56)39-20-13-12-14-21-39)38-28-30-43-42-23-16-18-25-45(42)50(5,6)46(43)33-38/h12-18,20-33,35H,11,19,34H2,1-10H3/b37-27+,40-29+. The Morgan fingerprint density at radius 3 is 2.05 bits per heavy atom. The van der Waals surface area contributed by atoms with E-state index in [4.69, 9.17) is 9.31 Å². The van der Waals surface area contributed by atoms with Gasteiger partial charge < -0.3 is 9.31 Å². The molecule has 0 aromatic heterocycles. The summed E-state index contributed by atoms with van der Waals surface area (Å²) in [5.41, 5.74) is 12.6. The molecule has 59 heavy (non-hydrogen) atoms. The molecular formula is C52H58BN2O3P. The predicted octanol–water partition coefficient (Wildman–Crippen LogP) is 12.9. The van der Waals surface area contributed by atoms with Gasteiger partial charge >= 0.3 is 14.6 Å². The highest BCUT2D eigenvalue weighted by atomic mass is 31.2. The molecular weight excluding hydrogens is 742 g/mol. The van der Waals surface area contributed by atoms with Crippen LogP contribution >= 0.6 is 7.44 Å². The lowest BCUT2D eigenvalue weighted by molar-refractivity contribution is 0.00578. The van der Waals surface area contributed by atoms with E-state index in [2.05, 4.69) is 176 Å². The molecule has 2 unspecified atom stereocenters. The number of rotatable bonds is 7. The zero-order valence-corrected chi connectivity index (χ0v) is 37.4. The normalized spacial score (nSPS) is 23.9. The first-order valence-electron chi connectivity index (χ1n) is 21.5. The highest BCUT2D eigenvalue weighted by Gasteiger charge is 2.54. The van der Waals surface area contributed by atoms with Gasteiger partial charge in [-0.1, -0.05) is 133 Å². The first-order valence-corrected chi connectivity index (χ1v) is 23.1. The lowest BCUT2D eigenvalue weighted by atomic mass is 9.67. The average Bonchev–Trinajstić information content (AvgIpc) is 3.70. The Morgan fingerprint density at radius 1 is 0.729 bits per heavy atom. The summed E-state index contributed by atoms with van der Waals surface area (Å²) in [5, 5.41) is 0.782. The van der Waals surface area contributed by atoms with Crippen LogP contribution in [0.15, 0.2) is 133 Å². The van der Waals surface area contributed by atoms with Gasteiger partial charge in [-0.3, -0.25) is 13.9 Å². The molecule has 0 radical (unpaired) electrons. The second-order valence-electron chi connectivity index (χ2n) is 19.3. The summed E-state index contributed by atoms with van der Waals surface area (Å²) < 4.78 is 34.7. The Bertz CT molecular complexity index is 2570. The monoisotopic (exact) mass is 800 g/mol. The zero-order valence-electron chi connectivity index (χ0n) is 36.5. The SMILES string of the molecule is CCC/C(=C\C=C1\c2ccccc2C(C)(C)CC1C)N1c2ccc(B3OC(C)(C)C(C)(C)O3)cc2N(c2ccc3c(c2)C(C)(C)c2ccccc2-3)P1(=O)c1ccccc1. The molecule has 7 heteroatoms. The molecule has 0 spiro atoms. The van der Waals surface area contributed by atoms with Crippen LogP contribution in [-0.2, 0) is 24.7 Å². The summed E-state index contributed by atoms with van der Waals surface area (Å²) in [6, 6.07) is 40.9. The molecule has 9 rings (SSSR count). The van der Waals surface area contributed by atoms with Crippen LogP contribution in [0.1, 0.15) is 111 Å². The molecule has 2 atom stereocenters. The van der Waals surface area contributed by atoms with Gasteiger partial charge in [0.05, 0.1) is 27.9 Å². The largest absolute Gasteiger partial charge is 0.494 e. The van der Waals surface area contributed by atoms with Gasteiger partial charge in [0.15, 0.2) is 0 Å². The van der Waals surface area contributed by atoms with Crippen LogP contribution in [0.25, 0.3) is 16.7 Å². The van der Waals surface area contributed by atoms with Crippen molar-refractivity contribution in [1.82, 2.24) is 0 Å². The summed E-state index contributed by atoms with van der Waals surface area (Å²) in [6.45, 7) is 22.3. The maximum Gasteiger partial charge on any atom is 0.494 e. The molecule has 4 aliphatic rings. The van der Waals surface area contributed by atoms with E-state index < -0.39 is 25.8 Å². The first-order chi connectivity index (χ1) is 28.0. The van der Waals surface area contributed by atoms with Crippen LogP contribution < -0.4 is 20.1 Å². The summed E-state index contributed by atoms with van der Waals surface area (Å²) >= 11 is 0. The molecule has 5 aromatic rings. The third-order valence-electron chi connectivity index (χ3n) is 14.0. The molecule has 1 saturated heterocycles. The van der Waals surface area contributed by atoms with Crippen molar-refractivity contribution in [2.24, 2.45) is 5.92 Å². The molecule has 0 amide bonds. The van der Waals surface area contributed by atoms with Crippen molar-refractivity contribution in [2.45, 2.75) is 111 Å². The van der Waals surface area contributed by atoms with E-state index in [9.17, 15) is 0 Å². The number of nitrogens with zero attached hydrogens (tertiary/aromatic N) is 2. The van der Waals surface area contributed by atoms with Crippen LogP contribution in [0.3, 0.4) is 0 Å². The van der Waals surface area contributed by atoms with Gasteiger partial charge in [-0.2, -0.15) is 0 Å². The van der Waals surface area contributed by atoms with Crippen molar-refractivity contribution in [3.05, 3.63) is 155 Å². The van der Waals surface area contributed by atoms with Gasteiger partial charge in [0.1, 0.15) is 0 Å². The van der Waals surface area contributed by atoms with E-state index in [0.29, 0.717) is 5.92 Å². The Kier molecular flexibility index (Phi) is 9.44.